The van der Waals surface area contributed by atoms with Crippen LogP contribution < -0.4 is 5.32 Å². The van der Waals surface area contributed by atoms with Crippen LogP contribution in [0.5, 0.6) is 0 Å². The summed E-state index contributed by atoms with van der Waals surface area (Å²) in [4.78, 5) is 1.47. The zero-order chi connectivity index (χ0) is 14.7. The summed E-state index contributed by atoms with van der Waals surface area (Å²) in [5.41, 5.74) is 1.42. The Hall–Kier alpha value is -0.160. The van der Waals surface area contributed by atoms with Gasteiger partial charge in [0.1, 0.15) is 0 Å². The third-order valence-corrected chi connectivity index (χ3v) is 6.01. The van der Waals surface area contributed by atoms with E-state index in [-0.39, 0.29) is 0 Å². The zero-order valence-corrected chi connectivity index (χ0v) is 15.8. The highest BCUT2D eigenvalue weighted by atomic mass is 79.9. The van der Waals surface area contributed by atoms with Crippen LogP contribution >= 0.6 is 43.2 Å². The molecular formula is C17H19Br2NS. The maximum absolute atomic E-state index is 3.70. The molecule has 0 spiro atoms. The van der Waals surface area contributed by atoms with Gasteiger partial charge in [0.15, 0.2) is 0 Å². The molecule has 1 heterocycles. The van der Waals surface area contributed by atoms with E-state index in [2.05, 4.69) is 72.9 Å². The van der Waals surface area contributed by atoms with Crippen molar-refractivity contribution in [3.63, 3.8) is 0 Å². The molecule has 1 unspecified atom stereocenters. The summed E-state index contributed by atoms with van der Waals surface area (Å²) in [6.45, 7) is 1.12. The van der Waals surface area contributed by atoms with E-state index in [1.807, 2.05) is 11.3 Å². The monoisotopic (exact) mass is 427 g/mol. The van der Waals surface area contributed by atoms with Crippen LogP contribution in [-0.4, -0.2) is 12.6 Å². The van der Waals surface area contributed by atoms with Crippen LogP contribution in [0, 0.1) is 5.92 Å². The van der Waals surface area contributed by atoms with Gasteiger partial charge < -0.3 is 5.32 Å². The first-order chi connectivity index (χ1) is 10.2. The highest BCUT2D eigenvalue weighted by Gasteiger charge is 2.22. The minimum absolute atomic E-state index is 0.658. The average Bonchev–Trinajstić information content (AvgIpc) is 3.19. The molecule has 0 aliphatic heterocycles. The van der Waals surface area contributed by atoms with E-state index in [1.165, 1.54) is 32.2 Å². The third-order valence-electron chi connectivity index (χ3n) is 3.80. The van der Waals surface area contributed by atoms with Gasteiger partial charge in [0.05, 0.1) is 0 Å². The molecular weight excluding hydrogens is 410 g/mol. The van der Waals surface area contributed by atoms with Crippen LogP contribution in [0.15, 0.2) is 44.7 Å². The maximum atomic E-state index is 3.70. The van der Waals surface area contributed by atoms with Crippen molar-refractivity contribution in [1.29, 1.82) is 0 Å². The fourth-order valence-electron chi connectivity index (χ4n) is 2.58. The number of hydrogen-bond acceptors (Lipinski definition) is 2. The van der Waals surface area contributed by atoms with Gasteiger partial charge in [-0.2, -0.15) is 0 Å². The second kappa shape index (κ2) is 7.40. The third kappa shape index (κ3) is 5.20. The molecule has 1 atom stereocenters. The van der Waals surface area contributed by atoms with Crippen LogP contribution in [0.1, 0.15) is 23.3 Å². The van der Waals surface area contributed by atoms with Gasteiger partial charge in [0, 0.05) is 25.2 Å². The molecule has 1 saturated carbocycles. The summed E-state index contributed by atoms with van der Waals surface area (Å²) in [6, 6.07) is 11.7. The van der Waals surface area contributed by atoms with Gasteiger partial charge in [-0.1, -0.05) is 28.1 Å². The summed E-state index contributed by atoms with van der Waals surface area (Å²) in [6.07, 6.45) is 5.00. The van der Waals surface area contributed by atoms with E-state index in [9.17, 15) is 0 Å². The molecule has 3 rings (SSSR count). The van der Waals surface area contributed by atoms with Crippen molar-refractivity contribution in [3.05, 3.63) is 55.1 Å². The lowest BCUT2D eigenvalue weighted by atomic mass is 9.95. The van der Waals surface area contributed by atoms with E-state index in [1.54, 1.807) is 0 Å². The first-order valence-electron chi connectivity index (χ1n) is 7.40. The minimum Gasteiger partial charge on any atom is -0.314 e. The van der Waals surface area contributed by atoms with Gasteiger partial charge >= 0.3 is 0 Å². The SMILES string of the molecule is Brc1cccc(CC(CNC2CC2)Cc2cc(Br)cs2)c1. The highest BCUT2D eigenvalue weighted by molar-refractivity contribution is 9.10. The number of halogens is 2. The second-order valence-electron chi connectivity index (χ2n) is 5.82. The van der Waals surface area contributed by atoms with E-state index in [0.717, 1.165) is 25.4 Å². The molecule has 0 bridgehead atoms. The van der Waals surface area contributed by atoms with Crippen molar-refractivity contribution >= 4 is 43.2 Å². The van der Waals surface area contributed by atoms with Crippen molar-refractivity contribution < 1.29 is 0 Å². The predicted octanol–water partition coefficient (Wildman–Crippen LogP) is 5.43. The number of hydrogen-bond donors (Lipinski definition) is 1. The minimum atomic E-state index is 0.658. The van der Waals surface area contributed by atoms with Gasteiger partial charge in [-0.3, -0.25) is 0 Å². The lowest BCUT2D eigenvalue weighted by Gasteiger charge is -2.17. The standard InChI is InChI=1S/C17H19Br2NS/c18-14-3-1-2-12(7-14)6-13(10-20-16-4-5-16)8-17-9-15(19)11-21-17/h1-3,7,9,11,13,16,20H,4-6,8,10H2. The summed E-state index contributed by atoms with van der Waals surface area (Å²) < 4.78 is 2.38. The van der Waals surface area contributed by atoms with Crippen LogP contribution in [-0.2, 0) is 12.8 Å². The Bertz CT molecular complexity index is 592. The molecule has 0 amide bonds. The first kappa shape index (κ1) is 15.7. The smallest absolute Gasteiger partial charge is 0.0285 e. The Morgan fingerprint density at radius 1 is 1.14 bits per heavy atom. The van der Waals surface area contributed by atoms with E-state index < -0.39 is 0 Å². The topological polar surface area (TPSA) is 12.0 Å². The summed E-state index contributed by atoms with van der Waals surface area (Å²) in [5, 5.41) is 5.88. The molecule has 1 fully saturated rings. The zero-order valence-electron chi connectivity index (χ0n) is 11.8. The fourth-order valence-corrected chi connectivity index (χ4v) is 4.59. The number of benzene rings is 1. The molecule has 112 valence electrons. The molecule has 1 aromatic carbocycles. The Morgan fingerprint density at radius 2 is 2.00 bits per heavy atom. The normalized spacial score (nSPS) is 16.1. The molecule has 4 heteroatoms. The molecule has 1 aliphatic rings. The summed E-state index contributed by atoms with van der Waals surface area (Å²) in [7, 11) is 0. The lowest BCUT2D eigenvalue weighted by molar-refractivity contribution is 0.471. The summed E-state index contributed by atoms with van der Waals surface area (Å²) >= 11 is 8.99. The fraction of sp³-hybridized carbons (Fsp3) is 0.412. The molecule has 1 aromatic heterocycles. The first-order valence-corrected chi connectivity index (χ1v) is 9.86. The largest absolute Gasteiger partial charge is 0.314 e. The van der Waals surface area contributed by atoms with Gasteiger partial charge in [-0.15, -0.1) is 11.3 Å². The Labute approximate surface area is 147 Å². The molecule has 21 heavy (non-hydrogen) atoms. The van der Waals surface area contributed by atoms with Gasteiger partial charge in [-0.05, 0) is 77.8 Å². The van der Waals surface area contributed by atoms with Crippen LogP contribution in [0.3, 0.4) is 0 Å². The number of thiophene rings is 1. The van der Waals surface area contributed by atoms with Crippen molar-refractivity contribution in [3.8, 4) is 0 Å². The predicted molar refractivity (Wildman–Crippen MR) is 98.1 cm³/mol. The molecule has 1 aliphatic carbocycles. The van der Waals surface area contributed by atoms with Crippen LogP contribution in [0.25, 0.3) is 0 Å². The Morgan fingerprint density at radius 3 is 2.67 bits per heavy atom. The van der Waals surface area contributed by atoms with Crippen molar-refractivity contribution in [1.82, 2.24) is 5.32 Å². The van der Waals surface area contributed by atoms with Crippen molar-refractivity contribution in [2.75, 3.05) is 6.54 Å². The number of rotatable bonds is 7. The molecule has 1 N–H and O–H groups in total. The van der Waals surface area contributed by atoms with Crippen molar-refractivity contribution in [2.45, 2.75) is 31.7 Å². The van der Waals surface area contributed by atoms with Crippen LogP contribution in [0.2, 0.25) is 0 Å². The second-order valence-corrected chi connectivity index (χ2v) is 8.65. The Balaban J connectivity index is 1.65. The molecule has 1 nitrogen and oxygen atoms in total. The quantitative estimate of drug-likeness (QED) is 0.620. The van der Waals surface area contributed by atoms with E-state index in [0.29, 0.717) is 5.92 Å². The lowest BCUT2D eigenvalue weighted by Crippen LogP contribution is -2.27. The maximum Gasteiger partial charge on any atom is 0.0285 e. The Kier molecular flexibility index (Phi) is 5.54. The van der Waals surface area contributed by atoms with E-state index >= 15 is 0 Å². The van der Waals surface area contributed by atoms with E-state index in [4.69, 9.17) is 0 Å². The van der Waals surface area contributed by atoms with Gasteiger partial charge in [-0.25, -0.2) is 0 Å². The average molecular weight is 429 g/mol. The van der Waals surface area contributed by atoms with Crippen molar-refractivity contribution in [2.24, 2.45) is 5.92 Å². The van der Waals surface area contributed by atoms with Gasteiger partial charge in [0.25, 0.3) is 0 Å². The summed E-state index contributed by atoms with van der Waals surface area (Å²) in [5.74, 6) is 0.658. The molecule has 0 saturated heterocycles. The highest BCUT2D eigenvalue weighted by Crippen LogP contribution is 2.25. The molecule has 2 aromatic rings. The van der Waals surface area contributed by atoms with Crippen LogP contribution in [0.4, 0.5) is 0 Å². The van der Waals surface area contributed by atoms with Gasteiger partial charge in [0.2, 0.25) is 0 Å². The number of nitrogens with one attached hydrogen (secondary N) is 1. The molecule has 0 radical (unpaired) electrons.